The van der Waals surface area contributed by atoms with E-state index in [1.54, 1.807) is 29.2 Å². The van der Waals surface area contributed by atoms with E-state index in [0.717, 1.165) is 6.42 Å². The molecule has 2 amide bonds. The van der Waals surface area contributed by atoms with Crippen molar-refractivity contribution in [1.29, 1.82) is 0 Å². The molecular weight excluding hydrogens is 427 g/mol. The number of esters is 1. The van der Waals surface area contributed by atoms with Crippen molar-refractivity contribution in [3.8, 4) is 0 Å². The Bertz CT molecular complexity index is 1000. The van der Waals surface area contributed by atoms with E-state index >= 15 is 0 Å². The van der Waals surface area contributed by atoms with E-state index in [4.69, 9.17) is 4.74 Å². The minimum atomic E-state index is -0.525. The van der Waals surface area contributed by atoms with Crippen molar-refractivity contribution in [2.24, 2.45) is 5.92 Å². The van der Waals surface area contributed by atoms with Crippen molar-refractivity contribution in [3.05, 3.63) is 65.5 Å². The Hall–Kier alpha value is -3.55. The molecule has 1 heterocycles. The zero-order valence-corrected chi connectivity index (χ0v) is 18.5. The molecule has 0 radical (unpaired) electrons. The van der Waals surface area contributed by atoms with Crippen LogP contribution in [0.25, 0.3) is 0 Å². The molecule has 174 valence electrons. The van der Waals surface area contributed by atoms with Crippen LogP contribution in [-0.2, 0) is 14.3 Å². The number of anilines is 1. The molecule has 0 aromatic heterocycles. The molecule has 1 aliphatic rings. The Morgan fingerprint density at radius 2 is 1.70 bits per heavy atom. The number of hydrogen-bond donors (Lipinski definition) is 1. The lowest BCUT2D eigenvalue weighted by molar-refractivity contribution is -0.148. The summed E-state index contributed by atoms with van der Waals surface area (Å²) in [4.78, 5) is 50.7. The highest BCUT2D eigenvalue weighted by Gasteiger charge is 2.30. The lowest BCUT2D eigenvalue weighted by Gasteiger charge is -2.31. The monoisotopic (exact) mass is 454 g/mol. The van der Waals surface area contributed by atoms with Gasteiger partial charge in [0.15, 0.2) is 12.4 Å². The highest BCUT2D eigenvalue weighted by atomic mass is 19.1. The minimum Gasteiger partial charge on any atom is -0.457 e. The molecule has 2 aromatic carbocycles. The molecule has 0 saturated carbocycles. The first-order chi connectivity index (χ1) is 15.9. The number of carbonyl (C=O) groups excluding carboxylic acids is 4. The molecule has 1 unspecified atom stereocenters. The quantitative estimate of drug-likeness (QED) is 0.483. The third-order valence-corrected chi connectivity index (χ3v) is 5.45. The first-order valence-corrected chi connectivity index (χ1v) is 11.0. The number of carbonyl (C=O) groups is 4. The molecule has 0 spiro atoms. The van der Waals surface area contributed by atoms with Crippen LogP contribution in [0.4, 0.5) is 10.1 Å². The van der Waals surface area contributed by atoms with Gasteiger partial charge in [-0.3, -0.25) is 19.2 Å². The normalized spacial score (nSPS) is 15.6. The summed E-state index contributed by atoms with van der Waals surface area (Å²) in [7, 11) is 0. The van der Waals surface area contributed by atoms with Crippen molar-refractivity contribution in [2.75, 3.05) is 25.0 Å². The zero-order valence-electron chi connectivity index (χ0n) is 18.5. The van der Waals surface area contributed by atoms with Gasteiger partial charge in [0.2, 0.25) is 5.91 Å². The van der Waals surface area contributed by atoms with Gasteiger partial charge in [-0.25, -0.2) is 4.39 Å². The molecule has 1 aliphatic heterocycles. The molecule has 8 heteroatoms. The fourth-order valence-electron chi connectivity index (χ4n) is 3.66. The molecule has 1 saturated heterocycles. The summed E-state index contributed by atoms with van der Waals surface area (Å²) in [6.45, 7) is 2.20. The molecule has 33 heavy (non-hydrogen) atoms. The predicted octanol–water partition coefficient (Wildman–Crippen LogP) is 3.84. The summed E-state index contributed by atoms with van der Waals surface area (Å²) in [6, 6.07) is 11.7. The Morgan fingerprint density at radius 3 is 2.36 bits per heavy atom. The van der Waals surface area contributed by atoms with E-state index in [1.165, 1.54) is 24.3 Å². The van der Waals surface area contributed by atoms with Crippen molar-refractivity contribution >= 4 is 29.3 Å². The lowest BCUT2D eigenvalue weighted by atomic mass is 9.97. The van der Waals surface area contributed by atoms with E-state index in [0.29, 0.717) is 42.6 Å². The van der Waals surface area contributed by atoms with Gasteiger partial charge in [0.1, 0.15) is 5.82 Å². The maximum atomic E-state index is 13.1. The van der Waals surface area contributed by atoms with Crippen molar-refractivity contribution < 1.29 is 28.3 Å². The number of hydrogen-bond acceptors (Lipinski definition) is 5. The summed E-state index contributed by atoms with van der Waals surface area (Å²) in [5.74, 6) is -2.19. The van der Waals surface area contributed by atoms with E-state index in [1.807, 2.05) is 6.92 Å². The van der Waals surface area contributed by atoms with Gasteiger partial charge in [0.05, 0.1) is 5.92 Å². The number of halogens is 1. The van der Waals surface area contributed by atoms with Crippen LogP contribution in [0, 0.1) is 11.7 Å². The average molecular weight is 454 g/mol. The standard InChI is InChI=1S/C25H27FN2O5/c1-2-4-23(30)27-21-12-8-17(9-13-21)22(29)16-33-25(32)19-5-3-14-28(15-19)24(31)18-6-10-20(26)11-7-18/h6-13,19H,2-5,14-16H2,1H3,(H,27,30). The minimum absolute atomic E-state index is 0.0926. The second-order valence-electron chi connectivity index (χ2n) is 8.00. The van der Waals surface area contributed by atoms with Crippen LogP contribution >= 0.6 is 0 Å². The van der Waals surface area contributed by atoms with Gasteiger partial charge in [-0.15, -0.1) is 0 Å². The van der Waals surface area contributed by atoms with Crippen LogP contribution in [0.1, 0.15) is 53.3 Å². The Morgan fingerprint density at radius 1 is 1.03 bits per heavy atom. The second-order valence-corrected chi connectivity index (χ2v) is 8.00. The first-order valence-electron chi connectivity index (χ1n) is 11.0. The van der Waals surface area contributed by atoms with Crippen LogP contribution in [0.2, 0.25) is 0 Å². The van der Waals surface area contributed by atoms with Gasteiger partial charge in [-0.1, -0.05) is 6.92 Å². The topological polar surface area (TPSA) is 92.8 Å². The summed E-state index contributed by atoms with van der Waals surface area (Å²) in [6.07, 6.45) is 2.36. The highest BCUT2D eigenvalue weighted by Crippen LogP contribution is 2.20. The number of ether oxygens (including phenoxy) is 1. The molecular formula is C25H27FN2O5. The van der Waals surface area contributed by atoms with Crippen LogP contribution in [0.15, 0.2) is 48.5 Å². The highest BCUT2D eigenvalue weighted by molar-refractivity contribution is 5.99. The Kier molecular flexibility index (Phi) is 8.29. The number of ketones is 1. The van der Waals surface area contributed by atoms with Gasteiger partial charge in [0.25, 0.3) is 5.91 Å². The van der Waals surface area contributed by atoms with Crippen LogP contribution < -0.4 is 5.32 Å². The summed E-state index contributed by atoms with van der Waals surface area (Å²) in [5, 5.41) is 2.74. The third-order valence-electron chi connectivity index (χ3n) is 5.45. The number of rotatable bonds is 8. The van der Waals surface area contributed by atoms with Crippen molar-refractivity contribution in [1.82, 2.24) is 4.90 Å². The largest absolute Gasteiger partial charge is 0.457 e. The number of amides is 2. The Labute approximate surface area is 191 Å². The SMILES string of the molecule is CCCC(=O)Nc1ccc(C(=O)COC(=O)C2CCCN(C(=O)c3ccc(F)cc3)C2)cc1. The van der Waals surface area contributed by atoms with E-state index in [9.17, 15) is 23.6 Å². The lowest BCUT2D eigenvalue weighted by Crippen LogP contribution is -2.43. The molecule has 3 rings (SSSR count). The van der Waals surface area contributed by atoms with Gasteiger partial charge in [0, 0.05) is 36.3 Å². The van der Waals surface area contributed by atoms with Crippen molar-refractivity contribution in [3.63, 3.8) is 0 Å². The Balaban J connectivity index is 1.50. The number of nitrogens with one attached hydrogen (secondary N) is 1. The van der Waals surface area contributed by atoms with Crippen LogP contribution in [-0.4, -0.2) is 48.2 Å². The number of benzene rings is 2. The van der Waals surface area contributed by atoms with Gasteiger partial charge in [-0.2, -0.15) is 0 Å². The fraction of sp³-hybridized carbons (Fsp3) is 0.360. The summed E-state index contributed by atoms with van der Waals surface area (Å²) >= 11 is 0. The number of Topliss-reactive ketones (excluding diaryl/α,β-unsaturated/α-hetero) is 1. The van der Waals surface area contributed by atoms with E-state index in [-0.39, 0.29) is 24.1 Å². The second kappa shape index (κ2) is 11.4. The third kappa shape index (κ3) is 6.71. The molecule has 2 aromatic rings. The maximum absolute atomic E-state index is 13.1. The van der Waals surface area contributed by atoms with Crippen molar-refractivity contribution in [2.45, 2.75) is 32.6 Å². The maximum Gasteiger partial charge on any atom is 0.311 e. The number of piperidine rings is 1. The fourth-order valence-corrected chi connectivity index (χ4v) is 3.66. The van der Waals surface area contributed by atoms with Crippen LogP contribution in [0.5, 0.6) is 0 Å². The molecule has 1 N–H and O–H groups in total. The smallest absolute Gasteiger partial charge is 0.311 e. The summed E-state index contributed by atoms with van der Waals surface area (Å²) < 4.78 is 18.3. The number of nitrogens with zero attached hydrogens (tertiary/aromatic N) is 1. The average Bonchev–Trinajstić information content (AvgIpc) is 2.83. The van der Waals surface area contributed by atoms with Gasteiger partial charge < -0.3 is 15.0 Å². The molecule has 1 atom stereocenters. The predicted molar refractivity (Wildman–Crippen MR) is 120 cm³/mol. The molecule has 1 fully saturated rings. The van der Waals surface area contributed by atoms with E-state index < -0.39 is 24.3 Å². The number of likely N-dealkylation sites (tertiary alicyclic amines) is 1. The molecule has 0 aliphatic carbocycles. The molecule has 7 nitrogen and oxygen atoms in total. The summed E-state index contributed by atoms with van der Waals surface area (Å²) in [5.41, 5.74) is 1.32. The van der Waals surface area contributed by atoms with Crippen LogP contribution in [0.3, 0.4) is 0 Å². The molecule has 0 bridgehead atoms. The first kappa shape index (κ1) is 24.1. The van der Waals surface area contributed by atoms with Gasteiger partial charge in [-0.05, 0) is 67.8 Å². The van der Waals surface area contributed by atoms with Gasteiger partial charge >= 0.3 is 5.97 Å². The van der Waals surface area contributed by atoms with E-state index in [2.05, 4.69) is 5.32 Å². The zero-order chi connectivity index (χ0) is 23.8.